The van der Waals surface area contributed by atoms with E-state index < -0.39 is 0 Å². The number of hydrogen-bond acceptors (Lipinski definition) is 5. The fraction of sp³-hybridized carbons (Fsp3) is 0.350. The second-order valence-corrected chi connectivity index (χ2v) is 6.40. The minimum absolute atomic E-state index is 0.0184. The Morgan fingerprint density at radius 1 is 1.27 bits per heavy atom. The van der Waals surface area contributed by atoms with Crippen molar-refractivity contribution in [3.63, 3.8) is 0 Å². The van der Waals surface area contributed by atoms with Gasteiger partial charge >= 0.3 is 0 Å². The minimum atomic E-state index is -0.0184. The molecule has 0 aliphatic carbocycles. The summed E-state index contributed by atoms with van der Waals surface area (Å²) in [5.74, 6) is 0.829. The Labute approximate surface area is 151 Å². The maximum Gasteiger partial charge on any atom is 0.257 e. The van der Waals surface area contributed by atoms with Crippen LogP contribution in [0.3, 0.4) is 0 Å². The standard InChI is InChI=1S/C20H21N3O3/c1-3-18-17-10-14(11-21-19(17)26-22-18)20(24)23-8-7-13-5-6-16(25-4-2)9-15(13)12-23/h5-6,9-11H,3-4,7-8,12H2,1-2H3. The van der Waals surface area contributed by atoms with Crippen LogP contribution in [0.15, 0.2) is 35.0 Å². The molecule has 0 fully saturated rings. The molecule has 0 atom stereocenters. The van der Waals surface area contributed by atoms with Crippen LogP contribution in [0.25, 0.3) is 11.1 Å². The molecule has 0 unspecified atom stereocenters. The number of aryl methyl sites for hydroxylation is 1. The van der Waals surface area contributed by atoms with Crippen molar-refractivity contribution in [3.05, 3.63) is 52.8 Å². The lowest BCUT2D eigenvalue weighted by atomic mass is 9.99. The summed E-state index contributed by atoms with van der Waals surface area (Å²) in [5, 5.41) is 4.82. The average molecular weight is 351 g/mol. The van der Waals surface area contributed by atoms with Crippen LogP contribution in [0.1, 0.15) is 41.0 Å². The third-order valence-electron chi connectivity index (χ3n) is 4.77. The highest BCUT2D eigenvalue weighted by Gasteiger charge is 2.23. The first kappa shape index (κ1) is 16.6. The zero-order chi connectivity index (χ0) is 18.1. The highest BCUT2D eigenvalue weighted by Crippen LogP contribution is 2.26. The highest BCUT2D eigenvalue weighted by molar-refractivity contribution is 5.97. The quantitative estimate of drug-likeness (QED) is 0.721. The largest absolute Gasteiger partial charge is 0.494 e. The van der Waals surface area contributed by atoms with Crippen LogP contribution in [-0.2, 0) is 19.4 Å². The fourth-order valence-electron chi connectivity index (χ4n) is 3.40. The molecule has 0 N–H and O–H groups in total. The topological polar surface area (TPSA) is 68.5 Å². The third kappa shape index (κ3) is 2.92. The Kier molecular flexibility index (Phi) is 4.32. The molecular formula is C20H21N3O3. The van der Waals surface area contributed by atoms with E-state index in [4.69, 9.17) is 9.26 Å². The Hall–Kier alpha value is -2.89. The van der Waals surface area contributed by atoms with Crippen LogP contribution in [0.4, 0.5) is 0 Å². The smallest absolute Gasteiger partial charge is 0.257 e. The van der Waals surface area contributed by atoms with Crippen molar-refractivity contribution in [3.8, 4) is 5.75 Å². The van der Waals surface area contributed by atoms with Crippen molar-refractivity contribution in [1.82, 2.24) is 15.0 Å². The lowest BCUT2D eigenvalue weighted by Gasteiger charge is -2.29. The molecule has 0 saturated heterocycles. The number of ether oxygens (including phenoxy) is 1. The van der Waals surface area contributed by atoms with E-state index in [2.05, 4.69) is 16.2 Å². The van der Waals surface area contributed by atoms with Crippen LogP contribution in [0.5, 0.6) is 5.75 Å². The van der Waals surface area contributed by atoms with E-state index in [1.165, 1.54) is 5.56 Å². The van der Waals surface area contributed by atoms with Gasteiger partial charge in [-0.15, -0.1) is 0 Å². The Balaban J connectivity index is 1.60. The van der Waals surface area contributed by atoms with Crippen LogP contribution in [-0.4, -0.2) is 34.1 Å². The van der Waals surface area contributed by atoms with Crippen molar-refractivity contribution in [2.45, 2.75) is 33.2 Å². The summed E-state index contributed by atoms with van der Waals surface area (Å²) >= 11 is 0. The van der Waals surface area contributed by atoms with Gasteiger partial charge in [0.25, 0.3) is 11.6 Å². The normalized spacial score (nSPS) is 13.7. The van der Waals surface area contributed by atoms with Gasteiger partial charge < -0.3 is 14.2 Å². The molecule has 0 bridgehead atoms. The van der Waals surface area contributed by atoms with Crippen molar-refractivity contribution in [2.75, 3.05) is 13.2 Å². The zero-order valence-electron chi connectivity index (χ0n) is 15.0. The molecule has 2 aromatic heterocycles. The van der Waals surface area contributed by atoms with Gasteiger partial charge in [0.05, 0.1) is 23.3 Å². The summed E-state index contributed by atoms with van der Waals surface area (Å²) in [6, 6.07) is 7.97. The first-order valence-electron chi connectivity index (χ1n) is 8.97. The summed E-state index contributed by atoms with van der Waals surface area (Å²) in [6.07, 6.45) is 3.15. The minimum Gasteiger partial charge on any atom is -0.494 e. The lowest BCUT2D eigenvalue weighted by molar-refractivity contribution is 0.0734. The van der Waals surface area contributed by atoms with E-state index in [1.54, 1.807) is 6.20 Å². The lowest BCUT2D eigenvalue weighted by Crippen LogP contribution is -2.36. The van der Waals surface area contributed by atoms with E-state index in [0.29, 0.717) is 31.0 Å². The molecule has 134 valence electrons. The van der Waals surface area contributed by atoms with Crippen LogP contribution < -0.4 is 4.74 Å². The van der Waals surface area contributed by atoms with Gasteiger partial charge in [-0.25, -0.2) is 4.98 Å². The molecule has 1 aliphatic heterocycles. The summed E-state index contributed by atoms with van der Waals surface area (Å²) in [5.41, 5.74) is 4.29. The number of pyridine rings is 1. The van der Waals surface area contributed by atoms with Gasteiger partial charge in [-0.3, -0.25) is 4.79 Å². The molecule has 6 heteroatoms. The number of fused-ring (bicyclic) bond motifs is 2. The monoisotopic (exact) mass is 351 g/mol. The van der Waals surface area contributed by atoms with Crippen molar-refractivity contribution in [2.24, 2.45) is 0 Å². The molecule has 1 amide bonds. The Bertz CT molecular complexity index is 964. The van der Waals surface area contributed by atoms with Gasteiger partial charge in [-0.05, 0) is 49.1 Å². The van der Waals surface area contributed by atoms with Gasteiger partial charge in [0, 0.05) is 19.3 Å². The first-order valence-corrected chi connectivity index (χ1v) is 8.97. The number of amides is 1. The predicted molar refractivity (Wildman–Crippen MR) is 97.2 cm³/mol. The van der Waals surface area contributed by atoms with Gasteiger partial charge in [0.1, 0.15) is 5.75 Å². The maximum atomic E-state index is 13.0. The van der Waals surface area contributed by atoms with E-state index in [1.807, 2.05) is 36.9 Å². The predicted octanol–water partition coefficient (Wildman–Crippen LogP) is 3.38. The summed E-state index contributed by atoms with van der Waals surface area (Å²) < 4.78 is 10.8. The van der Waals surface area contributed by atoms with E-state index in [0.717, 1.165) is 35.2 Å². The van der Waals surface area contributed by atoms with Crippen molar-refractivity contribution < 1.29 is 14.1 Å². The summed E-state index contributed by atoms with van der Waals surface area (Å²) in [4.78, 5) is 19.1. The van der Waals surface area contributed by atoms with Gasteiger partial charge in [-0.2, -0.15) is 0 Å². The van der Waals surface area contributed by atoms with E-state index >= 15 is 0 Å². The molecule has 3 aromatic rings. The molecule has 0 spiro atoms. The molecule has 4 rings (SSSR count). The summed E-state index contributed by atoms with van der Waals surface area (Å²) in [7, 11) is 0. The van der Waals surface area contributed by atoms with Crippen LogP contribution in [0.2, 0.25) is 0 Å². The van der Waals surface area contributed by atoms with Crippen LogP contribution >= 0.6 is 0 Å². The van der Waals surface area contributed by atoms with Crippen molar-refractivity contribution in [1.29, 1.82) is 0 Å². The molecular weight excluding hydrogens is 330 g/mol. The Morgan fingerprint density at radius 3 is 2.96 bits per heavy atom. The van der Waals surface area contributed by atoms with Gasteiger partial charge in [-0.1, -0.05) is 18.1 Å². The maximum absolute atomic E-state index is 13.0. The van der Waals surface area contributed by atoms with Gasteiger partial charge in [0.15, 0.2) is 0 Å². The van der Waals surface area contributed by atoms with Crippen LogP contribution in [0, 0.1) is 0 Å². The number of benzene rings is 1. The number of carbonyl (C=O) groups is 1. The Morgan fingerprint density at radius 2 is 2.15 bits per heavy atom. The fourth-order valence-corrected chi connectivity index (χ4v) is 3.40. The van der Waals surface area contributed by atoms with Crippen molar-refractivity contribution >= 4 is 17.0 Å². The van der Waals surface area contributed by atoms with Gasteiger partial charge in [0.2, 0.25) is 0 Å². The van der Waals surface area contributed by atoms with E-state index in [-0.39, 0.29) is 5.91 Å². The molecule has 0 saturated carbocycles. The molecule has 0 radical (unpaired) electrons. The number of hydrogen-bond donors (Lipinski definition) is 0. The molecule has 1 aliphatic rings. The third-order valence-corrected chi connectivity index (χ3v) is 4.77. The number of carbonyl (C=O) groups excluding carboxylic acids is 1. The van der Waals surface area contributed by atoms with E-state index in [9.17, 15) is 4.79 Å². The second-order valence-electron chi connectivity index (χ2n) is 6.40. The number of rotatable bonds is 4. The SMILES string of the molecule is CCOc1ccc2c(c1)CN(C(=O)c1cnc3onc(CC)c3c1)CC2. The zero-order valence-corrected chi connectivity index (χ0v) is 15.0. The first-order chi connectivity index (χ1) is 12.7. The molecule has 6 nitrogen and oxygen atoms in total. The molecule has 3 heterocycles. The summed E-state index contributed by atoms with van der Waals surface area (Å²) in [6.45, 7) is 5.88. The second kappa shape index (κ2) is 6.78. The number of nitrogens with zero attached hydrogens (tertiary/aromatic N) is 3. The molecule has 1 aromatic carbocycles. The highest BCUT2D eigenvalue weighted by atomic mass is 16.5. The molecule has 26 heavy (non-hydrogen) atoms. The number of aromatic nitrogens is 2. The average Bonchev–Trinajstić information content (AvgIpc) is 3.09.